The topological polar surface area (TPSA) is 131 Å². The molecule has 1 atom stereocenters. The second-order valence-electron chi connectivity index (χ2n) is 10.7. The second kappa shape index (κ2) is 13.8. The molecule has 11 nitrogen and oxygen atoms in total. The number of carbonyl (C=O) groups excluding carboxylic acids is 1. The standard InChI is InChI=1S/C34H33N3O8S/c1-6-43-26-14-10-24(11-15-26)31-30(33(39)45-20(2)3)21(4)35-34-36(31)32(38)29(46-34)18-23-9-16-27(28(17-23)42-5)44-19-22-7-12-25(13-8-22)37(40)41/h7-18,20,31H,6,19H2,1-5H3/b29-18+/t31-/m0/s1. The van der Waals surface area contributed by atoms with Gasteiger partial charge in [-0.1, -0.05) is 29.5 Å². The van der Waals surface area contributed by atoms with Crippen LogP contribution in [-0.2, 0) is 16.1 Å². The van der Waals surface area contributed by atoms with E-state index in [-0.39, 0.29) is 24.0 Å². The third-order valence-electron chi connectivity index (χ3n) is 7.12. The summed E-state index contributed by atoms with van der Waals surface area (Å²) in [6.07, 6.45) is 1.39. The Labute approximate surface area is 268 Å². The minimum absolute atomic E-state index is 0.00337. The maximum atomic E-state index is 14.0. The molecule has 0 amide bonds. The quantitative estimate of drug-likeness (QED) is 0.126. The molecule has 238 valence electrons. The zero-order chi connectivity index (χ0) is 33.0. The first-order valence-corrected chi connectivity index (χ1v) is 15.4. The predicted molar refractivity (Wildman–Crippen MR) is 173 cm³/mol. The third kappa shape index (κ3) is 6.86. The van der Waals surface area contributed by atoms with E-state index in [9.17, 15) is 19.7 Å². The highest BCUT2D eigenvalue weighted by molar-refractivity contribution is 7.07. The molecule has 3 aromatic carbocycles. The van der Waals surface area contributed by atoms with Gasteiger partial charge in [-0.25, -0.2) is 9.79 Å². The summed E-state index contributed by atoms with van der Waals surface area (Å²) in [4.78, 5) is 42.9. The average Bonchev–Trinajstić information content (AvgIpc) is 3.33. The number of nitro benzene ring substituents is 1. The van der Waals surface area contributed by atoms with Gasteiger partial charge in [0.1, 0.15) is 12.4 Å². The van der Waals surface area contributed by atoms with Crippen LogP contribution in [0.15, 0.2) is 87.8 Å². The van der Waals surface area contributed by atoms with Crippen LogP contribution in [0.3, 0.4) is 0 Å². The van der Waals surface area contributed by atoms with Gasteiger partial charge in [0.25, 0.3) is 11.2 Å². The van der Waals surface area contributed by atoms with Gasteiger partial charge in [-0.05, 0) is 86.9 Å². The van der Waals surface area contributed by atoms with E-state index in [1.165, 1.54) is 35.1 Å². The summed E-state index contributed by atoms with van der Waals surface area (Å²) < 4.78 is 24.6. The van der Waals surface area contributed by atoms with E-state index in [0.29, 0.717) is 50.0 Å². The summed E-state index contributed by atoms with van der Waals surface area (Å²) in [7, 11) is 1.52. The highest BCUT2D eigenvalue weighted by atomic mass is 32.1. The molecule has 1 aliphatic rings. The zero-order valence-electron chi connectivity index (χ0n) is 26.0. The number of hydrogen-bond acceptors (Lipinski definition) is 10. The van der Waals surface area contributed by atoms with Crippen LogP contribution in [0.25, 0.3) is 6.08 Å². The summed E-state index contributed by atoms with van der Waals surface area (Å²) in [5.74, 6) is 1.07. The Morgan fingerprint density at radius 1 is 1.07 bits per heavy atom. The number of esters is 1. The summed E-state index contributed by atoms with van der Waals surface area (Å²) in [5.41, 5.74) is 2.65. The Morgan fingerprint density at radius 3 is 2.41 bits per heavy atom. The fourth-order valence-electron chi connectivity index (χ4n) is 5.01. The normalized spacial score (nSPS) is 14.5. The number of thiazole rings is 1. The summed E-state index contributed by atoms with van der Waals surface area (Å²) in [6, 6.07) is 18.0. The van der Waals surface area contributed by atoms with Crippen LogP contribution >= 0.6 is 11.3 Å². The molecule has 0 fully saturated rings. The maximum absolute atomic E-state index is 14.0. The van der Waals surface area contributed by atoms with Crippen LogP contribution in [0, 0.1) is 10.1 Å². The number of allylic oxidation sites excluding steroid dienone is 1. The van der Waals surface area contributed by atoms with Crippen molar-refractivity contribution in [3.63, 3.8) is 0 Å². The Bertz CT molecular complexity index is 1980. The molecule has 12 heteroatoms. The molecule has 0 spiro atoms. The number of nitrogens with zero attached hydrogens (tertiary/aromatic N) is 3. The Kier molecular flexibility index (Phi) is 9.67. The van der Waals surface area contributed by atoms with Gasteiger partial charge in [-0.2, -0.15) is 0 Å². The lowest BCUT2D eigenvalue weighted by atomic mass is 9.96. The molecule has 46 heavy (non-hydrogen) atoms. The first-order chi connectivity index (χ1) is 22.1. The van der Waals surface area contributed by atoms with Gasteiger partial charge < -0.3 is 18.9 Å². The molecule has 4 aromatic rings. The average molecular weight is 644 g/mol. The van der Waals surface area contributed by atoms with Crippen molar-refractivity contribution in [2.75, 3.05) is 13.7 Å². The van der Waals surface area contributed by atoms with E-state index < -0.39 is 16.9 Å². The molecule has 0 bridgehead atoms. The van der Waals surface area contributed by atoms with E-state index >= 15 is 0 Å². The van der Waals surface area contributed by atoms with Crippen LogP contribution in [0.5, 0.6) is 17.2 Å². The number of aromatic nitrogens is 1. The smallest absolute Gasteiger partial charge is 0.338 e. The second-order valence-corrected chi connectivity index (χ2v) is 11.7. The highest BCUT2D eigenvalue weighted by Gasteiger charge is 2.33. The largest absolute Gasteiger partial charge is 0.494 e. The maximum Gasteiger partial charge on any atom is 0.338 e. The van der Waals surface area contributed by atoms with Gasteiger partial charge in [0.15, 0.2) is 16.3 Å². The number of rotatable bonds is 11. The molecular formula is C34H33N3O8S. The lowest BCUT2D eigenvalue weighted by Gasteiger charge is -2.25. The van der Waals surface area contributed by atoms with E-state index in [1.807, 2.05) is 31.2 Å². The number of non-ortho nitro benzene ring substituents is 1. The van der Waals surface area contributed by atoms with Crippen molar-refractivity contribution >= 4 is 29.1 Å². The van der Waals surface area contributed by atoms with E-state index in [0.717, 1.165) is 11.1 Å². The van der Waals surface area contributed by atoms with Gasteiger partial charge >= 0.3 is 5.97 Å². The van der Waals surface area contributed by atoms with Crippen LogP contribution in [0.4, 0.5) is 5.69 Å². The molecule has 0 unspecified atom stereocenters. The fraction of sp³-hybridized carbons (Fsp3) is 0.265. The van der Waals surface area contributed by atoms with Crippen molar-refractivity contribution in [1.29, 1.82) is 0 Å². The van der Waals surface area contributed by atoms with Crippen LogP contribution in [0.1, 0.15) is 50.4 Å². The Balaban J connectivity index is 1.50. The number of fused-ring (bicyclic) bond motifs is 1. The van der Waals surface area contributed by atoms with Crippen molar-refractivity contribution in [3.8, 4) is 17.2 Å². The molecule has 0 saturated carbocycles. The Hall–Kier alpha value is -5.23. The number of carbonyl (C=O) groups is 1. The SMILES string of the molecule is CCOc1ccc([C@H]2C(C(=O)OC(C)C)=C(C)N=c3s/c(=C/c4ccc(OCc5ccc([N+](=O)[O-])cc5)c(OC)c4)c(=O)n32)cc1. The molecule has 1 aliphatic heterocycles. The predicted octanol–water partition coefficient (Wildman–Crippen LogP) is 5.08. The van der Waals surface area contributed by atoms with Crippen LogP contribution in [0.2, 0.25) is 0 Å². The number of benzene rings is 3. The molecule has 0 radical (unpaired) electrons. The zero-order valence-corrected chi connectivity index (χ0v) is 26.8. The number of methoxy groups -OCH3 is 1. The molecule has 0 N–H and O–H groups in total. The van der Waals surface area contributed by atoms with E-state index in [1.54, 1.807) is 57.2 Å². The van der Waals surface area contributed by atoms with Crippen LogP contribution < -0.4 is 29.1 Å². The van der Waals surface area contributed by atoms with Gasteiger partial charge in [-0.3, -0.25) is 19.5 Å². The Morgan fingerprint density at radius 2 is 1.78 bits per heavy atom. The molecule has 5 rings (SSSR count). The highest BCUT2D eigenvalue weighted by Crippen LogP contribution is 2.32. The van der Waals surface area contributed by atoms with E-state index in [2.05, 4.69) is 4.99 Å². The molecule has 0 aliphatic carbocycles. The molecule has 0 saturated heterocycles. The monoisotopic (exact) mass is 643 g/mol. The minimum Gasteiger partial charge on any atom is -0.494 e. The van der Waals surface area contributed by atoms with Crippen LogP contribution in [-0.4, -0.2) is 35.3 Å². The van der Waals surface area contributed by atoms with Crippen molar-refractivity contribution in [2.45, 2.75) is 46.4 Å². The summed E-state index contributed by atoms with van der Waals surface area (Å²) in [5, 5.41) is 10.9. The van der Waals surface area contributed by atoms with Crippen molar-refractivity contribution in [2.24, 2.45) is 4.99 Å². The molecular weight excluding hydrogens is 610 g/mol. The molecule has 2 heterocycles. The fourth-order valence-corrected chi connectivity index (χ4v) is 6.05. The van der Waals surface area contributed by atoms with Gasteiger partial charge in [0.2, 0.25) is 0 Å². The van der Waals surface area contributed by atoms with Gasteiger partial charge in [-0.15, -0.1) is 0 Å². The lowest BCUT2D eigenvalue weighted by Crippen LogP contribution is -2.40. The first-order valence-electron chi connectivity index (χ1n) is 14.6. The number of nitro groups is 1. The van der Waals surface area contributed by atoms with E-state index in [4.69, 9.17) is 18.9 Å². The first kappa shape index (κ1) is 32.2. The van der Waals surface area contributed by atoms with Crippen molar-refractivity contribution < 1.29 is 28.7 Å². The number of ether oxygens (including phenoxy) is 4. The minimum atomic E-state index is -0.745. The number of hydrogen-bond donors (Lipinski definition) is 0. The summed E-state index contributed by atoms with van der Waals surface area (Å²) in [6.45, 7) is 7.88. The lowest BCUT2D eigenvalue weighted by molar-refractivity contribution is -0.384. The van der Waals surface area contributed by atoms with Crippen molar-refractivity contribution in [1.82, 2.24) is 4.57 Å². The third-order valence-corrected chi connectivity index (χ3v) is 8.10. The van der Waals surface area contributed by atoms with Gasteiger partial charge in [0.05, 0.1) is 46.6 Å². The molecule has 1 aromatic heterocycles. The van der Waals surface area contributed by atoms with Gasteiger partial charge in [0, 0.05) is 12.1 Å². The van der Waals surface area contributed by atoms with Crippen molar-refractivity contribution in [3.05, 3.63) is 124 Å². The summed E-state index contributed by atoms with van der Waals surface area (Å²) >= 11 is 1.22.